The smallest absolute Gasteiger partial charge is 0.354 e. The molecule has 2 aliphatic rings. The fourth-order valence-electron chi connectivity index (χ4n) is 4.30. The molecule has 9 nitrogen and oxygen atoms in total. The first-order chi connectivity index (χ1) is 16.7. The van der Waals surface area contributed by atoms with Gasteiger partial charge in [0.15, 0.2) is 17.5 Å². The zero-order valence-corrected chi connectivity index (χ0v) is 18.8. The van der Waals surface area contributed by atoms with Gasteiger partial charge in [-0.05, 0) is 38.7 Å². The van der Waals surface area contributed by atoms with Gasteiger partial charge in [-0.1, -0.05) is 0 Å². The molecule has 0 aromatic carbocycles. The van der Waals surface area contributed by atoms with Gasteiger partial charge in [-0.15, -0.1) is 0 Å². The minimum absolute atomic E-state index is 0.0943. The van der Waals surface area contributed by atoms with E-state index in [1.807, 2.05) is 4.90 Å². The molecule has 184 valence electrons. The van der Waals surface area contributed by atoms with E-state index in [-0.39, 0.29) is 29.5 Å². The number of anilines is 1. The summed E-state index contributed by atoms with van der Waals surface area (Å²) in [5.74, 6) is -0.306. The van der Waals surface area contributed by atoms with E-state index in [0.29, 0.717) is 49.8 Å². The van der Waals surface area contributed by atoms with Crippen molar-refractivity contribution in [1.29, 1.82) is 0 Å². The van der Waals surface area contributed by atoms with Crippen LogP contribution in [0.4, 0.5) is 23.4 Å². The van der Waals surface area contributed by atoms with Crippen LogP contribution in [0, 0.1) is 12.7 Å². The maximum absolute atomic E-state index is 14.4. The molecular formula is C22H22F4N8O. The molecule has 0 spiro atoms. The predicted molar refractivity (Wildman–Crippen MR) is 115 cm³/mol. The Bertz CT molecular complexity index is 1220. The third kappa shape index (κ3) is 4.80. The standard InChI is InChI=1S/C22H22F4N8O/c1-13-30-12-33(31-13)19-11-27-18(10-28-19)21(35)34(15-2-3-15)16-4-6-32(7-5-16)20-17(23)8-14(9-29-20)22(24,25)26/h8-12,15-16H,2-7H2,1H3. The number of carbonyl (C=O) groups is 1. The highest BCUT2D eigenvalue weighted by atomic mass is 19.4. The number of pyridine rings is 1. The Morgan fingerprint density at radius 3 is 2.26 bits per heavy atom. The van der Waals surface area contributed by atoms with Crippen molar-refractivity contribution >= 4 is 11.7 Å². The summed E-state index contributed by atoms with van der Waals surface area (Å²) in [5, 5.41) is 4.17. The predicted octanol–water partition coefficient (Wildman–Crippen LogP) is 3.19. The number of nitrogens with zero attached hydrogens (tertiary/aromatic N) is 8. The lowest BCUT2D eigenvalue weighted by molar-refractivity contribution is -0.138. The number of alkyl halides is 3. The summed E-state index contributed by atoms with van der Waals surface area (Å²) in [6.07, 6.45) is 3.25. The first kappa shape index (κ1) is 23.1. The summed E-state index contributed by atoms with van der Waals surface area (Å²) < 4.78 is 54.3. The van der Waals surface area contributed by atoms with Crippen LogP contribution < -0.4 is 4.90 Å². The fraction of sp³-hybridized carbons (Fsp3) is 0.455. The maximum atomic E-state index is 14.4. The van der Waals surface area contributed by atoms with Crippen LogP contribution in [0.1, 0.15) is 47.6 Å². The van der Waals surface area contributed by atoms with Gasteiger partial charge >= 0.3 is 6.18 Å². The monoisotopic (exact) mass is 490 g/mol. The molecule has 13 heteroatoms. The molecule has 35 heavy (non-hydrogen) atoms. The lowest BCUT2D eigenvalue weighted by Crippen LogP contribution is -2.49. The minimum Gasteiger partial charge on any atom is -0.354 e. The number of rotatable bonds is 5. The van der Waals surface area contributed by atoms with Crippen LogP contribution in [0.2, 0.25) is 0 Å². The van der Waals surface area contributed by atoms with Crippen molar-refractivity contribution in [3.05, 3.63) is 53.9 Å². The number of aromatic nitrogens is 6. The first-order valence-electron chi connectivity index (χ1n) is 11.2. The molecule has 2 fully saturated rings. The summed E-state index contributed by atoms with van der Waals surface area (Å²) in [7, 11) is 0. The molecule has 0 unspecified atom stereocenters. The van der Waals surface area contributed by atoms with E-state index >= 15 is 0 Å². The largest absolute Gasteiger partial charge is 0.417 e. The van der Waals surface area contributed by atoms with E-state index < -0.39 is 17.6 Å². The average molecular weight is 490 g/mol. The van der Waals surface area contributed by atoms with Gasteiger partial charge in [0.2, 0.25) is 0 Å². The number of halogens is 4. The fourth-order valence-corrected chi connectivity index (χ4v) is 4.30. The van der Waals surface area contributed by atoms with Crippen LogP contribution in [0.3, 0.4) is 0 Å². The highest BCUT2D eigenvalue weighted by molar-refractivity contribution is 5.92. The second-order valence-corrected chi connectivity index (χ2v) is 8.69. The molecular weight excluding hydrogens is 468 g/mol. The zero-order chi connectivity index (χ0) is 24.7. The Balaban J connectivity index is 1.27. The van der Waals surface area contributed by atoms with E-state index in [2.05, 4.69) is 25.0 Å². The van der Waals surface area contributed by atoms with Crippen molar-refractivity contribution in [3.8, 4) is 5.82 Å². The van der Waals surface area contributed by atoms with Crippen molar-refractivity contribution in [1.82, 2.24) is 34.6 Å². The van der Waals surface area contributed by atoms with Crippen LogP contribution in [0.5, 0.6) is 0 Å². The van der Waals surface area contributed by atoms with Crippen LogP contribution in [0.15, 0.2) is 31.0 Å². The van der Waals surface area contributed by atoms with Gasteiger partial charge in [0, 0.05) is 31.4 Å². The Morgan fingerprint density at radius 2 is 1.71 bits per heavy atom. The Hall–Kier alpha value is -3.64. The SMILES string of the molecule is Cc1ncn(-c2cnc(C(=O)N(C3CC3)C3CCN(c4ncc(C(F)(F)F)cc4F)CC3)cn2)n1. The Labute approximate surface area is 197 Å². The lowest BCUT2D eigenvalue weighted by atomic mass is 10.0. The minimum atomic E-state index is -4.65. The molecule has 1 amide bonds. The molecule has 1 aliphatic heterocycles. The first-order valence-corrected chi connectivity index (χ1v) is 11.2. The van der Waals surface area contributed by atoms with Gasteiger partial charge in [-0.25, -0.2) is 29.0 Å². The third-order valence-corrected chi connectivity index (χ3v) is 6.18. The maximum Gasteiger partial charge on any atom is 0.417 e. The van der Waals surface area contributed by atoms with Crippen LogP contribution in [-0.2, 0) is 6.18 Å². The van der Waals surface area contributed by atoms with E-state index in [0.717, 1.165) is 12.8 Å². The average Bonchev–Trinajstić information content (AvgIpc) is 3.58. The molecule has 3 aromatic rings. The number of carbonyl (C=O) groups excluding carboxylic acids is 1. The van der Waals surface area contributed by atoms with Crippen molar-refractivity contribution < 1.29 is 22.4 Å². The van der Waals surface area contributed by atoms with Crippen molar-refractivity contribution in [2.45, 2.75) is 50.9 Å². The lowest BCUT2D eigenvalue weighted by Gasteiger charge is -2.39. The van der Waals surface area contributed by atoms with E-state index in [1.165, 1.54) is 23.4 Å². The second-order valence-electron chi connectivity index (χ2n) is 8.69. The molecule has 0 radical (unpaired) electrons. The summed E-state index contributed by atoms with van der Waals surface area (Å²) in [6.45, 7) is 2.49. The van der Waals surface area contributed by atoms with Gasteiger partial charge in [0.25, 0.3) is 5.91 Å². The number of amides is 1. The number of aryl methyl sites for hydroxylation is 1. The van der Waals surface area contributed by atoms with E-state index in [1.54, 1.807) is 11.8 Å². The normalized spacial score (nSPS) is 17.0. The molecule has 4 heterocycles. The zero-order valence-electron chi connectivity index (χ0n) is 18.8. The number of piperidine rings is 1. The van der Waals surface area contributed by atoms with Crippen molar-refractivity contribution in [2.24, 2.45) is 0 Å². The van der Waals surface area contributed by atoms with Crippen LogP contribution >= 0.6 is 0 Å². The molecule has 1 saturated heterocycles. The summed E-state index contributed by atoms with van der Waals surface area (Å²) in [5.41, 5.74) is -0.902. The number of hydrogen-bond donors (Lipinski definition) is 0. The molecule has 5 rings (SSSR count). The molecule has 1 saturated carbocycles. The van der Waals surface area contributed by atoms with E-state index in [9.17, 15) is 22.4 Å². The third-order valence-electron chi connectivity index (χ3n) is 6.18. The topological polar surface area (TPSA) is 92.9 Å². The summed E-state index contributed by atoms with van der Waals surface area (Å²) in [6, 6.07) is 0.486. The van der Waals surface area contributed by atoms with Crippen LogP contribution in [0.25, 0.3) is 5.82 Å². The van der Waals surface area contributed by atoms with Gasteiger partial charge in [0.05, 0.1) is 18.0 Å². The molecule has 1 aliphatic carbocycles. The summed E-state index contributed by atoms with van der Waals surface area (Å²) in [4.78, 5) is 33.1. The summed E-state index contributed by atoms with van der Waals surface area (Å²) >= 11 is 0. The van der Waals surface area contributed by atoms with E-state index in [4.69, 9.17) is 0 Å². The van der Waals surface area contributed by atoms with Gasteiger partial charge in [-0.3, -0.25) is 4.79 Å². The molecule has 0 atom stereocenters. The van der Waals surface area contributed by atoms with Gasteiger partial charge < -0.3 is 9.80 Å². The number of hydrogen-bond acceptors (Lipinski definition) is 7. The Morgan fingerprint density at radius 1 is 1.00 bits per heavy atom. The highest BCUT2D eigenvalue weighted by Gasteiger charge is 2.40. The van der Waals surface area contributed by atoms with Gasteiger partial charge in [-0.2, -0.15) is 18.3 Å². The molecule has 0 N–H and O–H groups in total. The molecule has 3 aromatic heterocycles. The highest BCUT2D eigenvalue weighted by Crippen LogP contribution is 2.35. The van der Waals surface area contributed by atoms with Gasteiger partial charge in [0.1, 0.15) is 17.8 Å². The quantitative estimate of drug-likeness (QED) is 0.507. The second kappa shape index (κ2) is 8.86. The van der Waals surface area contributed by atoms with Crippen LogP contribution in [-0.4, -0.2) is 65.7 Å². The van der Waals surface area contributed by atoms with Crippen molar-refractivity contribution in [2.75, 3.05) is 18.0 Å². The Kier molecular flexibility index (Phi) is 5.85. The molecule has 0 bridgehead atoms. The van der Waals surface area contributed by atoms with Crippen molar-refractivity contribution in [3.63, 3.8) is 0 Å².